The van der Waals surface area contributed by atoms with Crippen LogP contribution in [0.4, 0.5) is 0 Å². The number of hydrogen-bond acceptors (Lipinski definition) is 6. The van der Waals surface area contributed by atoms with Gasteiger partial charge in [0, 0.05) is 0 Å². The van der Waals surface area contributed by atoms with E-state index in [-0.39, 0.29) is 23.5 Å². The van der Waals surface area contributed by atoms with Crippen molar-refractivity contribution in [1.29, 1.82) is 0 Å². The Morgan fingerprint density at radius 3 is 2.37 bits per heavy atom. The van der Waals surface area contributed by atoms with Crippen LogP contribution in [0.5, 0.6) is 5.75 Å². The summed E-state index contributed by atoms with van der Waals surface area (Å²) in [6, 6.07) is 13.5. The first kappa shape index (κ1) is 21.9. The molecule has 0 bridgehead atoms. The third-order valence-electron chi connectivity index (χ3n) is 4.49. The molecule has 3 aromatic rings. The molecule has 1 aromatic heterocycles. The normalized spacial score (nSPS) is 12.4. The number of rotatable bonds is 7. The Bertz CT molecular complexity index is 1140. The van der Waals surface area contributed by atoms with Crippen LogP contribution in [0, 0.1) is 13.8 Å². The molecule has 0 aliphatic heterocycles. The molecule has 1 heterocycles. The number of nitrogens with one attached hydrogen (secondary N) is 1. The smallest absolute Gasteiger partial charge is 0.263 e. The van der Waals surface area contributed by atoms with Crippen molar-refractivity contribution < 1.29 is 17.9 Å². The lowest BCUT2D eigenvalue weighted by Gasteiger charge is -2.14. The Hall–Kier alpha value is -2.75. The number of nitrogens with two attached hydrogens (primary N) is 1. The van der Waals surface area contributed by atoms with Crippen LogP contribution in [0.2, 0.25) is 0 Å². The minimum absolute atomic E-state index is 0.0290. The van der Waals surface area contributed by atoms with E-state index in [9.17, 15) is 13.2 Å². The van der Waals surface area contributed by atoms with E-state index < -0.39 is 10.0 Å². The fraction of sp³-hybridized carbons (Fsp3) is 0.238. The third-order valence-corrected chi connectivity index (χ3v) is 6.55. The Balaban J connectivity index is 1.64. The molecule has 3 rings (SSSR count). The zero-order valence-electron chi connectivity index (χ0n) is 16.9. The van der Waals surface area contributed by atoms with E-state index in [0.717, 1.165) is 16.9 Å². The van der Waals surface area contributed by atoms with Crippen molar-refractivity contribution in [3.05, 3.63) is 75.2 Å². The molecule has 1 atom stereocenters. The topological polar surface area (TPSA) is 111 Å². The summed E-state index contributed by atoms with van der Waals surface area (Å²) in [5.41, 5.74) is 2.55. The molecule has 9 heteroatoms. The van der Waals surface area contributed by atoms with Gasteiger partial charge in [0.05, 0.1) is 16.6 Å². The van der Waals surface area contributed by atoms with E-state index in [1.54, 1.807) is 19.1 Å². The lowest BCUT2D eigenvalue weighted by molar-refractivity contribution is 0.0943. The fourth-order valence-corrected chi connectivity index (χ4v) is 4.19. The second kappa shape index (κ2) is 8.95. The van der Waals surface area contributed by atoms with Crippen LogP contribution in [-0.2, 0) is 16.6 Å². The van der Waals surface area contributed by atoms with Gasteiger partial charge in [-0.25, -0.2) is 18.5 Å². The molecule has 0 aliphatic carbocycles. The largest absolute Gasteiger partial charge is 0.486 e. The molecule has 0 saturated heterocycles. The van der Waals surface area contributed by atoms with Crippen LogP contribution in [0.1, 0.15) is 44.5 Å². The van der Waals surface area contributed by atoms with Gasteiger partial charge in [0.25, 0.3) is 5.91 Å². The molecule has 1 amide bonds. The number of benzene rings is 2. The van der Waals surface area contributed by atoms with Crippen LogP contribution in [-0.4, -0.2) is 19.3 Å². The maximum Gasteiger partial charge on any atom is 0.263 e. The molecule has 0 aliphatic rings. The van der Waals surface area contributed by atoms with Gasteiger partial charge in [-0.3, -0.25) is 4.79 Å². The predicted octanol–water partition coefficient (Wildman–Crippen LogP) is 3.48. The highest BCUT2D eigenvalue weighted by Gasteiger charge is 2.18. The standard InChI is InChI=1S/C21H23N3O4S2/c1-13-4-8-17(9-5-13)28-12-19-23-15(3)20(29-19)21(25)24-14(2)16-6-10-18(11-7-16)30(22,26)27/h4-11,14H,12H2,1-3H3,(H,24,25)(H2,22,26,27). The molecule has 1 unspecified atom stereocenters. The summed E-state index contributed by atoms with van der Waals surface area (Å²) >= 11 is 1.29. The second-order valence-corrected chi connectivity index (χ2v) is 9.58. The molecule has 7 nitrogen and oxygen atoms in total. The van der Waals surface area contributed by atoms with E-state index in [1.165, 1.54) is 23.5 Å². The molecule has 0 spiro atoms. The molecule has 0 radical (unpaired) electrons. The first-order chi connectivity index (χ1) is 14.1. The highest BCUT2D eigenvalue weighted by Crippen LogP contribution is 2.22. The van der Waals surface area contributed by atoms with E-state index in [1.807, 2.05) is 38.1 Å². The van der Waals surface area contributed by atoms with Crippen molar-refractivity contribution >= 4 is 27.3 Å². The van der Waals surface area contributed by atoms with Crippen LogP contribution in [0.3, 0.4) is 0 Å². The van der Waals surface area contributed by atoms with Crippen molar-refractivity contribution in [3.8, 4) is 5.75 Å². The monoisotopic (exact) mass is 445 g/mol. The Morgan fingerprint density at radius 2 is 1.77 bits per heavy atom. The molecule has 0 saturated carbocycles. The molecule has 2 aromatic carbocycles. The predicted molar refractivity (Wildman–Crippen MR) is 116 cm³/mol. The number of ether oxygens (including phenoxy) is 1. The van der Waals surface area contributed by atoms with Crippen LogP contribution in [0.15, 0.2) is 53.4 Å². The van der Waals surface area contributed by atoms with E-state index in [4.69, 9.17) is 9.88 Å². The second-order valence-electron chi connectivity index (χ2n) is 6.93. The van der Waals surface area contributed by atoms with Crippen molar-refractivity contribution in [1.82, 2.24) is 10.3 Å². The van der Waals surface area contributed by atoms with Crippen LogP contribution in [0.25, 0.3) is 0 Å². The number of primary sulfonamides is 1. The Labute approximate surface area is 180 Å². The number of sulfonamides is 1. The number of hydrogen-bond donors (Lipinski definition) is 2. The molecule has 158 valence electrons. The van der Waals surface area contributed by atoms with Gasteiger partial charge in [0.15, 0.2) is 0 Å². The molecule has 3 N–H and O–H groups in total. The van der Waals surface area contributed by atoms with Crippen molar-refractivity contribution in [2.45, 2.75) is 38.3 Å². The number of aryl methyl sites for hydroxylation is 2. The maximum absolute atomic E-state index is 12.7. The first-order valence-corrected chi connectivity index (χ1v) is 11.6. The van der Waals surface area contributed by atoms with Crippen molar-refractivity contribution in [2.75, 3.05) is 0 Å². The van der Waals surface area contributed by atoms with Crippen LogP contribution < -0.4 is 15.2 Å². The summed E-state index contributed by atoms with van der Waals surface area (Å²) in [5, 5.41) is 8.74. The summed E-state index contributed by atoms with van der Waals surface area (Å²) in [6.07, 6.45) is 0. The van der Waals surface area contributed by atoms with E-state index in [2.05, 4.69) is 10.3 Å². The average molecular weight is 446 g/mol. The van der Waals surface area contributed by atoms with E-state index >= 15 is 0 Å². The quantitative estimate of drug-likeness (QED) is 0.578. The lowest BCUT2D eigenvalue weighted by Crippen LogP contribution is -2.26. The third kappa shape index (κ3) is 5.44. The number of amides is 1. The van der Waals surface area contributed by atoms with Gasteiger partial charge >= 0.3 is 0 Å². The average Bonchev–Trinajstić information content (AvgIpc) is 3.07. The van der Waals surface area contributed by atoms with Gasteiger partial charge in [-0.1, -0.05) is 29.8 Å². The van der Waals surface area contributed by atoms with Gasteiger partial charge in [0.1, 0.15) is 22.2 Å². The lowest BCUT2D eigenvalue weighted by atomic mass is 10.1. The van der Waals surface area contributed by atoms with E-state index in [0.29, 0.717) is 15.6 Å². The summed E-state index contributed by atoms with van der Waals surface area (Å²) < 4.78 is 28.5. The van der Waals surface area contributed by atoms with Gasteiger partial charge in [-0.05, 0) is 50.6 Å². The summed E-state index contributed by atoms with van der Waals surface area (Å²) in [7, 11) is -3.75. The van der Waals surface area contributed by atoms with Gasteiger partial charge in [-0.2, -0.15) is 0 Å². The van der Waals surface area contributed by atoms with Gasteiger partial charge < -0.3 is 10.1 Å². The number of nitrogens with zero attached hydrogens (tertiary/aromatic N) is 1. The number of carbonyl (C=O) groups is 1. The summed E-state index contributed by atoms with van der Waals surface area (Å²) in [4.78, 5) is 17.7. The SMILES string of the molecule is Cc1ccc(OCc2nc(C)c(C(=O)NC(C)c3ccc(S(N)(=O)=O)cc3)s2)cc1. The minimum atomic E-state index is -3.75. The van der Waals surface area contributed by atoms with Gasteiger partial charge in [-0.15, -0.1) is 11.3 Å². The molecule has 30 heavy (non-hydrogen) atoms. The van der Waals surface area contributed by atoms with Crippen molar-refractivity contribution in [3.63, 3.8) is 0 Å². The van der Waals surface area contributed by atoms with Crippen molar-refractivity contribution in [2.24, 2.45) is 5.14 Å². The number of aromatic nitrogens is 1. The summed E-state index contributed by atoms with van der Waals surface area (Å²) in [6.45, 7) is 5.90. The first-order valence-electron chi connectivity index (χ1n) is 9.23. The summed E-state index contributed by atoms with van der Waals surface area (Å²) in [5.74, 6) is 0.505. The highest BCUT2D eigenvalue weighted by atomic mass is 32.2. The number of thiazole rings is 1. The van der Waals surface area contributed by atoms with Crippen LogP contribution >= 0.6 is 11.3 Å². The van der Waals surface area contributed by atoms with Gasteiger partial charge in [0.2, 0.25) is 10.0 Å². The molecular weight excluding hydrogens is 422 g/mol. The fourth-order valence-electron chi connectivity index (χ4n) is 2.80. The maximum atomic E-state index is 12.7. The minimum Gasteiger partial charge on any atom is -0.486 e. The Morgan fingerprint density at radius 1 is 1.13 bits per heavy atom. The highest BCUT2D eigenvalue weighted by molar-refractivity contribution is 7.89. The molecule has 0 fully saturated rings. The zero-order chi connectivity index (χ0) is 21.9. The Kier molecular flexibility index (Phi) is 6.55. The molecular formula is C21H23N3O4S2. The zero-order valence-corrected chi connectivity index (χ0v) is 18.5. The number of carbonyl (C=O) groups excluding carboxylic acids is 1.